The number of thiazole rings is 1. The summed E-state index contributed by atoms with van der Waals surface area (Å²) in [6, 6.07) is 15.8. The highest BCUT2D eigenvalue weighted by atomic mass is 32.1. The highest BCUT2D eigenvalue weighted by molar-refractivity contribution is 7.14. The Morgan fingerprint density at radius 2 is 1.89 bits per heavy atom. The second kappa shape index (κ2) is 7.25. The quantitative estimate of drug-likeness (QED) is 0.546. The molecule has 0 fully saturated rings. The topological polar surface area (TPSA) is 54.9 Å². The fourth-order valence-corrected chi connectivity index (χ4v) is 3.89. The summed E-state index contributed by atoms with van der Waals surface area (Å²) in [4.78, 5) is 22.2. The molecule has 0 unspecified atom stereocenters. The highest BCUT2D eigenvalue weighted by Crippen LogP contribution is 2.25. The Hall–Kier alpha value is -3.12. The van der Waals surface area contributed by atoms with Gasteiger partial charge in [0.1, 0.15) is 10.7 Å². The zero-order chi connectivity index (χ0) is 18.8. The minimum absolute atomic E-state index is 0.200. The van der Waals surface area contributed by atoms with Gasteiger partial charge in [0.15, 0.2) is 0 Å². The number of fused-ring (bicyclic) bond motifs is 1. The number of aryl methyl sites for hydroxylation is 1. The van der Waals surface area contributed by atoms with Crippen molar-refractivity contribution in [1.82, 2.24) is 9.97 Å². The highest BCUT2D eigenvalue weighted by Gasteiger charge is 2.17. The molecule has 0 saturated carbocycles. The Bertz CT molecular complexity index is 1120. The van der Waals surface area contributed by atoms with Crippen molar-refractivity contribution >= 4 is 33.8 Å². The average Bonchev–Trinajstić information content (AvgIpc) is 3.04. The van der Waals surface area contributed by atoms with Gasteiger partial charge in [-0.25, -0.2) is 9.37 Å². The van der Waals surface area contributed by atoms with E-state index in [0.29, 0.717) is 22.7 Å². The molecule has 4 rings (SSSR count). The number of carbonyl (C=O) groups excluding carboxylic acids is 1. The molecule has 1 N–H and O–H groups in total. The second-order valence-corrected chi connectivity index (χ2v) is 7.24. The van der Waals surface area contributed by atoms with Gasteiger partial charge in [-0.3, -0.25) is 9.78 Å². The first-order chi connectivity index (χ1) is 13.1. The van der Waals surface area contributed by atoms with Crippen LogP contribution in [0.25, 0.3) is 10.9 Å². The molecule has 0 spiro atoms. The second-order valence-electron chi connectivity index (χ2n) is 6.16. The van der Waals surface area contributed by atoms with E-state index < -0.39 is 0 Å². The molecular weight excluding hydrogens is 361 g/mol. The molecule has 4 aromatic rings. The van der Waals surface area contributed by atoms with Crippen molar-refractivity contribution in [2.24, 2.45) is 0 Å². The molecule has 2 aromatic heterocycles. The fraction of sp³-hybridized carbons (Fsp3) is 0.0952. The molecule has 4 nitrogen and oxygen atoms in total. The van der Waals surface area contributed by atoms with Crippen molar-refractivity contribution in [3.05, 3.63) is 87.8 Å². The maximum absolute atomic E-state index is 13.0. The molecule has 1 amide bonds. The Morgan fingerprint density at radius 1 is 1.11 bits per heavy atom. The number of nitrogens with one attached hydrogen (secondary N) is 1. The minimum Gasteiger partial charge on any atom is -0.319 e. The largest absolute Gasteiger partial charge is 0.319 e. The van der Waals surface area contributed by atoms with E-state index in [-0.39, 0.29) is 11.7 Å². The van der Waals surface area contributed by atoms with Gasteiger partial charge in [0, 0.05) is 18.0 Å². The molecular formula is C21H16FN3OS. The van der Waals surface area contributed by atoms with Crippen LogP contribution < -0.4 is 5.32 Å². The van der Waals surface area contributed by atoms with E-state index in [2.05, 4.69) is 15.3 Å². The van der Waals surface area contributed by atoms with Crippen molar-refractivity contribution in [1.29, 1.82) is 0 Å². The summed E-state index contributed by atoms with van der Waals surface area (Å²) in [7, 11) is 0. The number of rotatable bonds is 4. The summed E-state index contributed by atoms with van der Waals surface area (Å²) in [5.41, 5.74) is 3.06. The SMILES string of the molecule is Cc1nc(Cc2ccc(F)cc2)sc1C(=O)Nc1cccc2cccnc12. The molecule has 2 aromatic carbocycles. The lowest BCUT2D eigenvalue weighted by Crippen LogP contribution is -2.12. The number of hydrogen-bond donors (Lipinski definition) is 1. The Kier molecular flexibility index (Phi) is 4.64. The lowest BCUT2D eigenvalue weighted by molar-refractivity contribution is 0.103. The van der Waals surface area contributed by atoms with Crippen molar-refractivity contribution in [3.63, 3.8) is 0 Å². The number of amides is 1. The van der Waals surface area contributed by atoms with Crippen LogP contribution in [-0.4, -0.2) is 15.9 Å². The Morgan fingerprint density at radius 3 is 2.70 bits per heavy atom. The number of carbonyl (C=O) groups is 1. The molecule has 27 heavy (non-hydrogen) atoms. The van der Waals surface area contributed by atoms with Crippen LogP contribution in [0, 0.1) is 12.7 Å². The number of anilines is 1. The molecule has 2 heterocycles. The predicted octanol–water partition coefficient (Wildman–Crippen LogP) is 4.98. The number of hydrogen-bond acceptors (Lipinski definition) is 4. The third-order valence-electron chi connectivity index (χ3n) is 4.20. The van der Waals surface area contributed by atoms with Gasteiger partial charge in [-0.2, -0.15) is 0 Å². The van der Waals surface area contributed by atoms with Crippen molar-refractivity contribution in [2.45, 2.75) is 13.3 Å². The van der Waals surface area contributed by atoms with Gasteiger partial charge >= 0.3 is 0 Å². The van der Waals surface area contributed by atoms with Gasteiger partial charge in [-0.15, -0.1) is 11.3 Å². The summed E-state index contributed by atoms with van der Waals surface area (Å²) in [6.45, 7) is 1.82. The minimum atomic E-state index is -0.266. The van der Waals surface area contributed by atoms with Crippen LogP contribution in [0.15, 0.2) is 60.8 Å². The molecule has 0 saturated heterocycles. The van der Waals surface area contributed by atoms with Gasteiger partial charge < -0.3 is 5.32 Å². The maximum atomic E-state index is 13.0. The smallest absolute Gasteiger partial charge is 0.267 e. The summed E-state index contributed by atoms with van der Waals surface area (Å²) in [6.07, 6.45) is 2.27. The molecule has 0 aliphatic heterocycles. The van der Waals surface area contributed by atoms with Crippen LogP contribution in [0.3, 0.4) is 0 Å². The van der Waals surface area contributed by atoms with Crippen LogP contribution >= 0.6 is 11.3 Å². The number of benzene rings is 2. The molecule has 0 aliphatic carbocycles. The first kappa shape index (κ1) is 17.3. The number of nitrogens with zero attached hydrogens (tertiary/aromatic N) is 2. The summed E-state index contributed by atoms with van der Waals surface area (Å²) in [5.74, 6) is -0.466. The van der Waals surface area contributed by atoms with Gasteiger partial charge in [0.05, 0.1) is 21.9 Å². The van der Waals surface area contributed by atoms with E-state index >= 15 is 0 Å². The van der Waals surface area contributed by atoms with Crippen molar-refractivity contribution in [3.8, 4) is 0 Å². The van der Waals surface area contributed by atoms with Gasteiger partial charge in [-0.1, -0.05) is 30.3 Å². The van der Waals surface area contributed by atoms with Crippen LogP contribution in [-0.2, 0) is 6.42 Å². The third kappa shape index (κ3) is 3.71. The van der Waals surface area contributed by atoms with E-state index in [0.717, 1.165) is 21.5 Å². The van der Waals surface area contributed by atoms with E-state index in [9.17, 15) is 9.18 Å². The molecule has 0 bridgehead atoms. The summed E-state index contributed by atoms with van der Waals surface area (Å²) in [5, 5.41) is 4.73. The normalized spacial score (nSPS) is 10.9. The van der Waals surface area contributed by atoms with E-state index in [4.69, 9.17) is 0 Å². The molecule has 6 heteroatoms. The number of halogens is 1. The van der Waals surface area contributed by atoms with Crippen LogP contribution in [0.4, 0.5) is 10.1 Å². The van der Waals surface area contributed by atoms with Gasteiger partial charge in [0.2, 0.25) is 0 Å². The Labute approximate surface area is 159 Å². The Balaban J connectivity index is 1.57. The monoisotopic (exact) mass is 377 g/mol. The number of aromatic nitrogens is 2. The molecule has 0 aliphatic rings. The van der Waals surface area contributed by atoms with E-state index in [1.165, 1.54) is 23.5 Å². The molecule has 0 radical (unpaired) electrons. The fourth-order valence-electron chi connectivity index (χ4n) is 2.90. The first-order valence-electron chi connectivity index (χ1n) is 8.46. The average molecular weight is 377 g/mol. The van der Waals surface area contributed by atoms with Crippen molar-refractivity contribution in [2.75, 3.05) is 5.32 Å². The molecule has 134 valence electrons. The lowest BCUT2D eigenvalue weighted by atomic mass is 10.1. The van der Waals surface area contributed by atoms with E-state index in [1.54, 1.807) is 18.3 Å². The maximum Gasteiger partial charge on any atom is 0.267 e. The van der Waals surface area contributed by atoms with Gasteiger partial charge in [-0.05, 0) is 36.8 Å². The first-order valence-corrected chi connectivity index (χ1v) is 9.27. The van der Waals surface area contributed by atoms with Crippen LogP contribution in [0.1, 0.15) is 25.9 Å². The number of para-hydroxylation sites is 1. The number of pyridine rings is 1. The third-order valence-corrected chi connectivity index (χ3v) is 5.35. The van der Waals surface area contributed by atoms with E-state index in [1.807, 2.05) is 37.3 Å². The van der Waals surface area contributed by atoms with Crippen molar-refractivity contribution < 1.29 is 9.18 Å². The summed E-state index contributed by atoms with van der Waals surface area (Å²) >= 11 is 1.35. The van der Waals surface area contributed by atoms with Gasteiger partial charge in [0.25, 0.3) is 5.91 Å². The standard InChI is InChI=1S/C21H16FN3OS/c1-13-20(27-18(24-13)12-14-7-9-16(22)10-8-14)21(26)25-17-6-2-4-15-5-3-11-23-19(15)17/h2-11H,12H2,1H3,(H,25,26). The predicted molar refractivity (Wildman–Crippen MR) is 106 cm³/mol. The van der Waals surface area contributed by atoms with Crippen LogP contribution in [0.2, 0.25) is 0 Å². The molecule has 0 atom stereocenters. The lowest BCUT2D eigenvalue weighted by Gasteiger charge is -2.07. The zero-order valence-electron chi connectivity index (χ0n) is 14.6. The zero-order valence-corrected chi connectivity index (χ0v) is 15.4. The van der Waals surface area contributed by atoms with Crippen LogP contribution in [0.5, 0.6) is 0 Å². The summed E-state index contributed by atoms with van der Waals surface area (Å²) < 4.78 is 13.0.